The van der Waals surface area contributed by atoms with Gasteiger partial charge in [0.2, 0.25) is 0 Å². The van der Waals surface area contributed by atoms with E-state index < -0.39 is 0 Å². The third-order valence-electron chi connectivity index (χ3n) is 3.90. The first-order valence-corrected chi connectivity index (χ1v) is 7.43. The van der Waals surface area contributed by atoms with Crippen LogP contribution in [0.5, 0.6) is 0 Å². The van der Waals surface area contributed by atoms with Crippen LogP contribution in [0.25, 0.3) is 11.0 Å². The standard InChI is InChI=1S/C16H20N4O2/c1-10-3-2-4-13-15(10)20-14(19-13)8-17-16(22)18-12-6-5-11(7-12)9-21/h2-6,11-12,21H,7-9H2,1H3,(H,19,20)(H2,17,18,22)/t11-,12+/m0/s1. The van der Waals surface area contributed by atoms with E-state index in [0.29, 0.717) is 6.54 Å². The van der Waals surface area contributed by atoms with E-state index in [9.17, 15) is 4.79 Å². The Balaban J connectivity index is 1.54. The van der Waals surface area contributed by atoms with Crippen LogP contribution >= 0.6 is 0 Å². The van der Waals surface area contributed by atoms with Crippen molar-refractivity contribution in [2.24, 2.45) is 5.92 Å². The molecule has 6 nitrogen and oxygen atoms in total. The maximum Gasteiger partial charge on any atom is 0.315 e. The van der Waals surface area contributed by atoms with Gasteiger partial charge in [-0.2, -0.15) is 0 Å². The van der Waals surface area contributed by atoms with Gasteiger partial charge in [-0.25, -0.2) is 9.78 Å². The number of aromatic nitrogens is 2. The molecule has 0 spiro atoms. The van der Waals surface area contributed by atoms with Crippen molar-refractivity contribution < 1.29 is 9.90 Å². The number of benzene rings is 1. The maximum atomic E-state index is 11.9. The van der Waals surface area contributed by atoms with Gasteiger partial charge >= 0.3 is 6.03 Å². The molecule has 116 valence electrons. The molecule has 2 atom stereocenters. The number of aliphatic hydroxyl groups excluding tert-OH is 1. The summed E-state index contributed by atoms with van der Waals surface area (Å²) in [4.78, 5) is 19.6. The smallest absolute Gasteiger partial charge is 0.315 e. The molecule has 6 heteroatoms. The number of rotatable bonds is 4. The van der Waals surface area contributed by atoms with Crippen LogP contribution in [0.4, 0.5) is 4.79 Å². The molecule has 2 amide bonds. The highest BCUT2D eigenvalue weighted by atomic mass is 16.3. The molecule has 0 saturated carbocycles. The normalized spacial score (nSPS) is 20.5. The Labute approximate surface area is 128 Å². The van der Waals surface area contributed by atoms with Gasteiger partial charge in [-0.1, -0.05) is 24.3 Å². The molecule has 3 rings (SSSR count). The summed E-state index contributed by atoms with van der Waals surface area (Å²) in [6, 6.07) is 5.71. The van der Waals surface area contributed by atoms with E-state index in [1.54, 1.807) is 0 Å². The Morgan fingerprint density at radius 1 is 1.45 bits per heavy atom. The molecule has 1 heterocycles. The molecule has 0 aliphatic heterocycles. The second-order valence-corrected chi connectivity index (χ2v) is 5.65. The number of nitrogens with zero attached hydrogens (tertiary/aromatic N) is 1. The number of aliphatic hydroxyl groups is 1. The van der Waals surface area contributed by atoms with Gasteiger partial charge in [-0.05, 0) is 25.0 Å². The number of amides is 2. The number of hydrogen-bond acceptors (Lipinski definition) is 3. The third-order valence-corrected chi connectivity index (χ3v) is 3.90. The highest BCUT2D eigenvalue weighted by Crippen LogP contribution is 2.17. The number of hydrogen-bond donors (Lipinski definition) is 4. The zero-order chi connectivity index (χ0) is 15.5. The summed E-state index contributed by atoms with van der Waals surface area (Å²) in [5.41, 5.74) is 3.02. The van der Waals surface area contributed by atoms with Crippen LogP contribution in [0.15, 0.2) is 30.4 Å². The molecule has 1 aromatic heterocycles. The molecule has 2 aromatic rings. The molecule has 1 aromatic carbocycles. The minimum absolute atomic E-state index is 0.0185. The zero-order valence-electron chi connectivity index (χ0n) is 12.5. The first kappa shape index (κ1) is 14.6. The summed E-state index contributed by atoms with van der Waals surface area (Å²) in [7, 11) is 0. The molecule has 0 saturated heterocycles. The maximum absolute atomic E-state index is 11.9. The van der Waals surface area contributed by atoms with Gasteiger partial charge in [0.15, 0.2) is 0 Å². The van der Waals surface area contributed by atoms with Crippen molar-refractivity contribution >= 4 is 17.1 Å². The number of carbonyl (C=O) groups is 1. The Morgan fingerprint density at radius 2 is 2.32 bits per heavy atom. The number of para-hydroxylation sites is 1. The number of imidazole rings is 1. The van der Waals surface area contributed by atoms with Crippen LogP contribution < -0.4 is 10.6 Å². The van der Waals surface area contributed by atoms with Gasteiger partial charge in [-0.3, -0.25) is 0 Å². The van der Waals surface area contributed by atoms with E-state index in [-0.39, 0.29) is 24.6 Å². The molecular formula is C16H20N4O2. The summed E-state index contributed by atoms with van der Waals surface area (Å²) >= 11 is 0. The number of aryl methyl sites for hydroxylation is 1. The molecular weight excluding hydrogens is 280 g/mol. The number of H-pyrrole nitrogens is 1. The largest absolute Gasteiger partial charge is 0.396 e. The van der Waals surface area contributed by atoms with Gasteiger partial charge in [0, 0.05) is 18.6 Å². The average Bonchev–Trinajstić information content (AvgIpc) is 3.12. The average molecular weight is 300 g/mol. The minimum atomic E-state index is -0.231. The lowest BCUT2D eigenvalue weighted by molar-refractivity contribution is 0.231. The van der Waals surface area contributed by atoms with E-state index >= 15 is 0 Å². The van der Waals surface area contributed by atoms with Crippen molar-refractivity contribution in [3.63, 3.8) is 0 Å². The number of fused-ring (bicyclic) bond motifs is 1. The molecule has 0 radical (unpaired) electrons. The molecule has 0 fully saturated rings. The fourth-order valence-electron chi connectivity index (χ4n) is 2.71. The predicted molar refractivity (Wildman–Crippen MR) is 84.3 cm³/mol. The Kier molecular flexibility index (Phi) is 4.11. The van der Waals surface area contributed by atoms with Crippen molar-refractivity contribution in [2.75, 3.05) is 6.61 Å². The molecule has 0 bridgehead atoms. The van der Waals surface area contributed by atoms with Gasteiger partial charge in [0.05, 0.1) is 17.6 Å². The van der Waals surface area contributed by atoms with Crippen LogP contribution in [-0.2, 0) is 6.54 Å². The minimum Gasteiger partial charge on any atom is -0.396 e. The topological polar surface area (TPSA) is 90.0 Å². The Bertz CT molecular complexity index is 707. The second-order valence-electron chi connectivity index (χ2n) is 5.65. The van der Waals surface area contributed by atoms with Gasteiger partial charge in [0.1, 0.15) is 5.82 Å². The van der Waals surface area contributed by atoms with E-state index in [4.69, 9.17) is 5.11 Å². The number of nitrogens with one attached hydrogen (secondary N) is 3. The lowest BCUT2D eigenvalue weighted by atomic mass is 10.1. The summed E-state index contributed by atoms with van der Waals surface area (Å²) < 4.78 is 0. The molecule has 1 aliphatic rings. The molecule has 1 aliphatic carbocycles. The zero-order valence-corrected chi connectivity index (χ0v) is 12.5. The summed E-state index contributed by atoms with van der Waals surface area (Å²) in [6.07, 6.45) is 4.60. The van der Waals surface area contributed by atoms with E-state index in [1.165, 1.54) is 0 Å². The highest BCUT2D eigenvalue weighted by Gasteiger charge is 2.19. The lowest BCUT2D eigenvalue weighted by Gasteiger charge is -2.13. The van der Waals surface area contributed by atoms with Crippen LogP contribution in [0.1, 0.15) is 17.8 Å². The predicted octanol–water partition coefficient (Wildman–Crippen LogP) is 1.61. The molecule has 4 N–H and O–H groups in total. The number of carbonyl (C=O) groups excluding carboxylic acids is 1. The Morgan fingerprint density at radius 3 is 3.05 bits per heavy atom. The fraction of sp³-hybridized carbons (Fsp3) is 0.375. The van der Waals surface area contributed by atoms with Crippen LogP contribution in [0.2, 0.25) is 0 Å². The first-order chi connectivity index (χ1) is 10.7. The third kappa shape index (κ3) is 3.12. The highest BCUT2D eigenvalue weighted by molar-refractivity contribution is 5.79. The van der Waals surface area contributed by atoms with Crippen LogP contribution in [0.3, 0.4) is 0 Å². The second kappa shape index (κ2) is 6.19. The first-order valence-electron chi connectivity index (χ1n) is 7.43. The van der Waals surface area contributed by atoms with E-state index in [2.05, 4.69) is 20.6 Å². The van der Waals surface area contributed by atoms with Crippen molar-refractivity contribution in [3.05, 3.63) is 41.7 Å². The Hall–Kier alpha value is -2.34. The SMILES string of the molecule is Cc1cccc2[nH]c(CNC(=O)N[C@@H]3C=C[C@H](CO)C3)nc12. The van der Waals surface area contributed by atoms with Crippen molar-refractivity contribution in [1.82, 2.24) is 20.6 Å². The fourth-order valence-corrected chi connectivity index (χ4v) is 2.71. The van der Waals surface area contributed by atoms with Gasteiger partial charge in [-0.15, -0.1) is 0 Å². The molecule has 22 heavy (non-hydrogen) atoms. The van der Waals surface area contributed by atoms with Crippen molar-refractivity contribution in [2.45, 2.75) is 25.9 Å². The summed E-state index contributed by atoms with van der Waals surface area (Å²) in [5, 5.41) is 14.7. The van der Waals surface area contributed by atoms with E-state index in [0.717, 1.165) is 28.8 Å². The number of aromatic amines is 1. The monoisotopic (exact) mass is 300 g/mol. The quantitative estimate of drug-likeness (QED) is 0.647. The van der Waals surface area contributed by atoms with Crippen molar-refractivity contribution in [3.8, 4) is 0 Å². The van der Waals surface area contributed by atoms with Gasteiger partial charge in [0.25, 0.3) is 0 Å². The van der Waals surface area contributed by atoms with E-state index in [1.807, 2.05) is 37.3 Å². The summed E-state index contributed by atoms with van der Waals surface area (Å²) in [5.74, 6) is 0.873. The van der Waals surface area contributed by atoms with Crippen LogP contribution in [-0.4, -0.2) is 33.8 Å². The number of urea groups is 1. The molecule has 0 unspecified atom stereocenters. The lowest BCUT2D eigenvalue weighted by Crippen LogP contribution is -2.40. The van der Waals surface area contributed by atoms with Crippen molar-refractivity contribution in [1.29, 1.82) is 0 Å². The van der Waals surface area contributed by atoms with Crippen LogP contribution in [0, 0.1) is 12.8 Å². The van der Waals surface area contributed by atoms with Gasteiger partial charge < -0.3 is 20.7 Å². The summed E-state index contributed by atoms with van der Waals surface area (Å²) in [6.45, 7) is 2.48.